The zero-order valence-corrected chi connectivity index (χ0v) is 13.7. The van der Waals surface area contributed by atoms with Gasteiger partial charge in [0.1, 0.15) is 6.67 Å². The minimum atomic E-state index is -0.511. The van der Waals surface area contributed by atoms with Gasteiger partial charge in [-0.05, 0) is 31.7 Å². The summed E-state index contributed by atoms with van der Waals surface area (Å²) >= 11 is 0. The van der Waals surface area contributed by atoms with Crippen molar-refractivity contribution in [2.24, 2.45) is 0 Å². The lowest BCUT2D eigenvalue weighted by atomic mass is 9.99. The summed E-state index contributed by atoms with van der Waals surface area (Å²) in [6.45, 7) is 5.69. The molecule has 2 N–H and O–H groups in total. The fraction of sp³-hybridized carbons (Fsp3) is 0.316. The Balaban J connectivity index is 2.01. The van der Waals surface area contributed by atoms with E-state index in [-0.39, 0.29) is 6.04 Å². The van der Waals surface area contributed by atoms with Crippen LogP contribution in [0.2, 0.25) is 0 Å². The van der Waals surface area contributed by atoms with E-state index in [1.165, 1.54) is 5.69 Å². The fourth-order valence-electron chi connectivity index (χ4n) is 3.21. The van der Waals surface area contributed by atoms with Crippen LogP contribution in [0.3, 0.4) is 0 Å². The Labute approximate surface area is 138 Å². The first-order valence-corrected chi connectivity index (χ1v) is 8.13. The molecule has 1 radical (unpaired) electrons. The van der Waals surface area contributed by atoms with Gasteiger partial charge in [0.15, 0.2) is 0 Å². The number of para-hydroxylation sites is 2. The van der Waals surface area contributed by atoms with Crippen molar-refractivity contribution in [3.63, 3.8) is 0 Å². The molecular formula is C19H24N3O. The second-order valence-electron chi connectivity index (χ2n) is 5.78. The number of hydrogen-bond acceptors (Lipinski definition) is 4. The number of nitrogens with one attached hydrogen (secondary N) is 1. The topological polar surface area (TPSA) is 38.7 Å². The van der Waals surface area contributed by atoms with Gasteiger partial charge in [0.25, 0.3) is 0 Å². The van der Waals surface area contributed by atoms with Gasteiger partial charge in [0.05, 0.1) is 23.5 Å². The van der Waals surface area contributed by atoms with Crippen molar-refractivity contribution in [3.8, 4) is 0 Å². The third-order valence-corrected chi connectivity index (χ3v) is 4.29. The number of fused-ring (bicyclic) bond motifs is 1. The van der Waals surface area contributed by atoms with Crippen LogP contribution in [0.4, 0.5) is 11.4 Å². The molecule has 2 aromatic rings. The zero-order valence-electron chi connectivity index (χ0n) is 13.7. The Kier molecular flexibility index (Phi) is 4.84. The number of nitrogens with zero attached hydrogens (tertiary/aromatic N) is 2. The second kappa shape index (κ2) is 7.02. The summed E-state index contributed by atoms with van der Waals surface area (Å²) in [5.41, 5.74) is 3.44. The number of likely N-dealkylation sites (N-methyl/N-ethyl adjacent to an activating group) is 1. The predicted molar refractivity (Wildman–Crippen MR) is 95.4 cm³/mol. The molecule has 2 atom stereocenters. The minimum absolute atomic E-state index is 0.124. The third kappa shape index (κ3) is 3.05. The van der Waals surface area contributed by atoms with Gasteiger partial charge >= 0.3 is 0 Å². The molecule has 2 unspecified atom stereocenters. The highest BCUT2D eigenvalue weighted by Crippen LogP contribution is 2.43. The molecule has 2 aromatic carbocycles. The van der Waals surface area contributed by atoms with Crippen LogP contribution in [0.25, 0.3) is 0 Å². The van der Waals surface area contributed by atoms with Crippen LogP contribution in [0.1, 0.15) is 18.5 Å². The molecule has 4 nitrogen and oxygen atoms in total. The molecule has 0 spiro atoms. The summed E-state index contributed by atoms with van der Waals surface area (Å²) in [5.74, 6) is 0. The highest BCUT2D eigenvalue weighted by atomic mass is 16.3. The molecular weight excluding hydrogens is 286 g/mol. The average Bonchev–Trinajstić information content (AvgIpc) is 2.95. The van der Waals surface area contributed by atoms with Crippen molar-refractivity contribution in [2.45, 2.75) is 19.1 Å². The van der Waals surface area contributed by atoms with Crippen molar-refractivity contribution in [1.82, 2.24) is 5.32 Å². The molecule has 0 bridgehead atoms. The van der Waals surface area contributed by atoms with Crippen molar-refractivity contribution in [2.75, 3.05) is 29.9 Å². The largest absolute Gasteiger partial charge is 0.389 e. The smallest absolute Gasteiger partial charge is 0.142 e. The number of benzene rings is 2. The Morgan fingerprint density at radius 3 is 2.30 bits per heavy atom. The summed E-state index contributed by atoms with van der Waals surface area (Å²) < 4.78 is 0. The Morgan fingerprint density at radius 1 is 1.00 bits per heavy atom. The van der Waals surface area contributed by atoms with E-state index in [9.17, 15) is 5.11 Å². The molecule has 4 heteroatoms. The highest BCUT2D eigenvalue weighted by Gasteiger charge is 2.35. The molecule has 0 fully saturated rings. The molecule has 23 heavy (non-hydrogen) atoms. The molecule has 1 heterocycles. The molecule has 0 aromatic heterocycles. The molecule has 0 saturated carbocycles. The maximum atomic E-state index is 10.8. The monoisotopic (exact) mass is 310 g/mol. The first kappa shape index (κ1) is 15.8. The van der Waals surface area contributed by atoms with Gasteiger partial charge in [0, 0.05) is 13.1 Å². The molecule has 121 valence electrons. The van der Waals surface area contributed by atoms with E-state index in [1.54, 1.807) is 0 Å². The van der Waals surface area contributed by atoms with Crippen molar-refractivity contribution >= 4 is 11.4 Å². The van der Waals surface area contributed by atoms with Crippen LogP contribution >= 0.6 is 0 Å². The fourth-order valence-corrected chi connectivity index (χ4v) is 3.21. The van der Waals surface area contributed by atoms with Crippen LogP contribution in [-0.4, -0.2) is 31.3 Å². The maximum absolute atomic E-state index is 10.8. The van der Waals surface area contributed by atoms with Gasteiger partial charge < -0.3 is 20.2 Å². The van der Waals surface area contributed by atoms with Crippen LogP contribution in [-0.2, 0) is 0 Å². The van der Waals surface area contributed by atoms with E-state index in [2.05, 4.69) is 59.0 Å². The van der Waals surface area contributed by atoms with E-state index in [4.69, 9.17) is 0 Å². The average molecular weight is 310 g/mol. The molecule has 1 aliphatic heterocycles. The number of aliphatic hydroxyl groups is 1. The van der Waals surface area contributed by atoms with Gasteiger partial charge in [-0.15, -0.1) is 0 Å². The van der Waals surface area contributed by atoms with E-state index in [0.29, 0.717) is 6.54 Å². The molecule has 1 aliphatic rings. The number of hydrogen-bond donors (Lipinski definition) is 2. The Hall–Kier alpha value is -2.04. The van der Waals surface area contributed by atoms with Crippen molar-refractivity contribution in [1.29, 1.82) is 0 Å². The Bertz CT molecular complexity index is 632. The molecule has 0 saturated heterocycles. The van der Waals surface area contributed by atoms with Gasteiger partial charge in [-0.25, -0.2) is 0 Å². The van der Waals surface area contributed by atoms with E-state index in [0.717, 1.165) is 17.8 Å². The number of aliphatic hydroxyl groups excluding tert-OH is 1. The van der Waals surface area contributed by atoms with Crippen LogP contribution < -0.4 is 15.1 Å². The SMILES string of the molecule is CCN1[CH]N(C(c2ccccc2)C(O)CNC)c2ccccc21. The van der Waals surface area contributed by atoms with E-state index < -0.39 is 6.10 Å². The highest BCUT2D eigenvalue weighted by molar-refractivity contribution is 5.79. The quantitative estimate of drug-likeness (QED) is 0.860. The molecule has 0 amide bonds. The summed E-state index contributed by atoms with van der Waals surface area (Å²) in [4.78, 5) is 4.41. The summed E-state index contributed by atoms with van der Waals surface area (Å²) in [5, 5.41) is 13.9. The minimum Gasteiger partial charge on any atom is -0.389 e. The zero-order chi connectivity index (χ0) is 16.2. The number of anilines is 2. The van der Waals surface area contributed by atoms with E-state index in [1.807, 2.05) is 31.3 Å². The maximum Gasteiger partial charge on any atom is 0.142 e. The third-order valence-electron chi connectivity index (χ3n) is 4.29. The van der Waals surface area contributed by atoms with Gasteiger partial charge in [-0.3, -0.25) is 0 Å². The summed E-state index contributed by atoms with van der Waals surface area (Å²) in [7, 11) is 1.87. The molecule has 3 rings (SSSR count). The van der Waals surface area contributed by atoms with Crippen LogP contribution in [0.15, 0.2) is 54.6 Å². The lowest BCUT2D eigenvalue weighted by molar-refractivity contribution is 0.143. The predicted octanol–water partition coefficient (Wildman–Crippen LogP) is 2.77. The first-order valence-electron chi connectivity index (χ1n) is 8.13. The van der Waals surface area contributed by atoms with Crippen molar-refractivity contribution in [3.05, 3.63) is 66.8 Å². The number of rotatable bonds is 6. The van der Waals surface area contributed by atoms with Crippen LogP contribution in [0, 0.1) is 6.67 Å². The standard InChI is InChI=1S/C19H24N3O/c1-3-21-14-22(17-12-8-7-11-16(17)21)19(18(23)13-20-2)15-9-5-4-6-10-15/h4-12,14,18-20,23H,3,13H2,1-2H3. The van der Waals surface area contributed by atoms with Gasteiger partial charge in [-0.2, -0.15) is 0 Å². The van der Waals surface area contributed by atoms with Crippen LogP contribution in [0.5, 0.6) is 0 Å². The lowest BCUT2D eigenvalue weighted by Gasteiger charge is -2.33. The summed E-state index contributed by atoms with van der Waals surface area (Å²) in [6, 6.07) is 18.4. The van der Waals surface area contributed by atoms with Gasteiger partial charge in [-0.1, -0.05) is 42.5 Å². The first-order chi connectivity index (χ1) is 11.3. The van der Waals surface area contributed by atoms with E-state index >= 15 is 0 Å². The second-order valence-corrected chi connectivity index (χ2v) is 5.78. The lowest BCUT2D eigenvalue weighted by Crippen LogP contribution is -2.40. The Morgan fingerprint density at radius 2 is 1.65 bits per heavy atom. The van der Waals surface area contributed by atoms with Crippen molar-refractivity contribution < 1.29 is 5.11 Å². The summed E-state index contributed by atoms with van der Waals surface area (Å²) in [6.07, 6.45) is -0.511. The van der Waals surface area contributed by atoms with Gasteiger partial charge in [0.2, 0.25) is 0 Å². The molecule has 0 aliphatic carbocycles. The normalized spacial score (nSPS) is 16.3.